The van der Waals surface area contributed by atoms with Crippen LogP contribution in [0.2, 0.25) is 0 Å². The fourth-order valence-corrected chi connectivity index (χ4v) is 6.59. The fraction of sp³-hybridized carbons (Fsp3) is 0.440. The van der Waals surface area contributed by atoms with Gasteiger partial charge in [0.15, 0.2) is 0 Å². The van der Waals surface area contributed by atoms with E-state index in [0.717, 1.165) is 17.0 Å². The van der Waals surface area contributed by atoms with Gasteiger partial charge in [-0.25, -0.2) is 4.79 Å². The van der Waals surface area contributed by atoms with Gasteiger partial charge in [0.25, 0.3) is 0 Å². The lowest BCUT2D eigenvalue weighted by molar-refractivity contribution is -0.0260. The largest absolute Gasteiger partial charge is 0.486 e. The zero-order chi connectivity index (χ0) is 21.3. The Hall–Kier alpha value is -2.40. The maximum atomic E-state index is 11.6. The summed E-state index contributed by atoms with van der Waals surface area (Å²) in [6.07, 6.45) is 3.75. The minimum atomic E-state index is -0.349. The van der Waals surface area contributed by atoms with Crippen LogP contribution >= 0.6 is 12.2 Å². The summed E-state index contributed by atoms with van der Waals surface area (Å²) >= 11 is 5.72. The Morgan fingerprint density at radius 3 is 2.53 bits per heavy atom. The highest BCUT2D eigenvalue weighted by molar-refractivity contribution is 7.81. The van der Waals surface area contributed by atoms with Crippen molar-refractivity contribution in [3.63, 3.8) is 0 Å². The quantitative estimate of drug-likeness (QED) is 0.525. The van der Waals surface area contributed by atoms with Gasteiger partial charge in [0.05, 0.1) is 12.7 Å². The van der Waals surface area contributed by atoms with Crippen LogP contribution in [0.5, 0.6) is 5.75 Å². The molecular weight excluding hydrogens is 394 g/mol. The number of nitrogens with one attached hydrogen (secondary N) is 1. The topological polar surface area (TPSA) is 47.6 Å². The highest BCUT2D eigenvalue weighted by atomic mass is 32.1. The Kier molecular flexibility index (Phi) is 4.11. The molecule has 4 unspecified atom stereocenters. The Bertz CT molecular complexity index is 1060. The smallest absolute Gasteiger partial charge is 0.337 e. The van der Waals surface area contributed by atoms with Crippen molar-refractivity contribution in [3.8, 4) is 5.75 Å². The van der Waals surface area contributed by atoms with Crippen LogP contribution in [-0.4, -0.2) is 23.7 Å². The molecule has 1 N–H and O–H groups in total. The number of methoxy groups -OCH3 is 1. The third-order valence-electron chi connectivity index (χ3n) is 8.39. The molecule has 0 saturated heterocycles. The lowest BCUT2D eigenvalue weighted by Crippen LogP contribution is -2.54. The highest BCUT2D eigenvalue weighted by Crippen LogP contribution is 2.73. The lowest BCUT2D eigenvalue weighted by atomic mass is 9.56. The maximum Gasteiger partial charge on any atom is 0.337 e. The molecule has 4 nitrogen and oxygen atoms in total. The molecule has 4 atom stereocenters. The molecule has 2 aromatic rings. The number of rotatable bonds is 3. The number of carbonyl (C=O) groups excluding carboxylic acids is 1. The van der Waals surface area contributed by atoms with E-state index in [-0.39, 0.29) is 22.4 Å². The summed E-state index contributed by atoms with van der Waals surface area (Å²) in [5, 5.41) is 3.30. The second-order valence-electron chi connectivity index (χ2n) is 9.57. The molecule has 30 heavy (non-hydrogen) atoms. The van der Waals surface area contributed by atoms with Gasteiger partial charge in [-0.15, -0.1) is 0 Å². The van der Waals surface area contributed by atoms with E-state index < -0.39 is 0 Å². The van der Waals surface area contributed by atoms with Crippen molar-refractivity contribution in [1.29, 1.82) is 0 Å². The first-order valence-electron chi connectivity index (χ1n) is 10.6. The average Bonchev–Trinajstić information content (AvgIpc) is 3.31. The van der Waals surface area contributed by atoms with Gasteiger partial charge in [-0.1, -0.05) is 26.1 Å². The van der Waals surface area contributed by atoms with Crippen molar-refractivity contribution in [2.75, 3.05) is 12.4 Å². The summed E-state index contributed by atoms with van der Waals surface area (Å²) in [5.74, 6) is 1.27. The normalized spacial score (nSPS) is 32.9. The van der Waals surface area contributed by atoms with Gasteiger partial charge in [-0.05, 0) is 80.0 Å². The molecule has 0 amide bonds. The van der Waals surface area contributed by atoms with Crippen molar-refractivity contribution in [2.24, 2.45) is 11.3 Å². The summed E-state index contributed by atoms with van der Waals surface area (Å²) in [4.78, 5) is 12.3. The standard InChI is InChI=1S/C25H27NO3S/c1-23-12-11-17(14-23)25(3)24(23,2)19-13-16(7-10-20(19)29-25)21(30)26-18-8-5-15(6-9-18)22(27)28-4/h5-10,13,17H,11-12,14H2,1-4H3,(H,26,30). The minimum absolute atomic E-state index is 0.00790. The number of esters is 1. The van der Waals surface area contributed by atoms with Crippen LogP contribution in [0.15, 0.2) is 42.5 Å². The van der Waals surface area contributed by atoms with Crippen molar-refractivity contribution < 1.29 is 14.3 Å². The summed E-state index contributed by atoms with van der Waals surface area (Å²) in [7, 11) is 1.38. The molecule has 2 saturated carbocycles. The van der Waals surface area contributed by atoms with E-state index in [4.69, 9.17) is 21.7 Å². The van der Waals surface area contributed by atoms with Crippen LogP contribution in [0, 0.1) is 11.3 Å². The zero-order valence-electron chi connectivity index (χ0n) is 17.9. The van der Waals surface area contributed by atoms with Crippen LogP contribution in [0.4, 0.5) is 5.69 Å². The molecular formula is C25H27NO3S. The van der Waals surface area contributed by atoms with E-state index >= 15 is 0 Å². The Labute approximate surface area is 183 Å². The molecule has 1 heterocycles. The van der Waals surface area contributed by atoms with E-state index in [1.165, 1.54) is 31.9 Å². The number of ether oxygens (including phenoxy) is 2. The van der Waals surface area contributed by atoms with Gasteiger partial charge in [0, 0.05) is 22.2 Å². The molecule has 0 radical (unpaired) electrons. The third kappa shape index (κ3) is 2.38. The fourth-order valence-electron chi connectivity index (χ4n) is 6.34. The SMILES string of the molecule is COC(=O)c1ccc(NC(=S)c2ccc3c(c2)C2(C)C4(C)CCC(C4)C2(C)O3)cc1. The summed E-state index contributed by atoms with van der Waals surface area (Å²) in [6, 6.07) is 13.5. The Morgan fingerprint density at radius 2 is 1.83 bits per heavy atom. The summed E-state index contributed by atoms with van der Waals surface area (Å²) in [5.41, 5.74) is 3.74. The van der Waals surface area contributed by atoms with Gasteiger partial charge in [0.1, 0.15) is 16.3 Å². The van der Waals surface area contributed by atoms with Crippen LogP contribution in [0.1, 0.15) is 61.5 Å². The second kappa shape index (κ2) is 6.30. The van der Waals surface area contributed by atoms with Crippen molar-refractivity contribution in [2.45, 2.75) is 51.0 Å². The number of carbonyl (C=O) groups is 1. The average molecular weight is 422 g/mol. The number of fused-ring (bicyclic) bond motifs is 7. The van der Waals surface area contributed by atoms with Gasteiger partial charge in [-0.3, -0.25) is 0 Å². The van der Waals surface area contributed by atoms with E-state index in [1.807, 2.05) is 18.2 Å². The molecule has 1 aliphatic heterocycles. The minimum Gasteiger partial charge on any atom is -0.486 e. The van der Waals surface area contributed by atoms with Crippen LogP contribution in [0.3, 0.4) is 0 Å². The molecule has 156 valence electrons. The molecule has 2 bridgehead atoms. The molecule has 2 fully saturated rings. The van der Waals surface area contributed by atoms with E-state index in [1.54, 1.807) is 12.1 Å². The molecule has 2 aromatic carbocycles. The van der Waals surface area contributed by atoms with Crippen LogP contribution < -0.4 is 10.1 Å². The third-order valence-corrected chi connectivity index (χ3v) is 8.72. The first-order chi connectivity index (χ1) is 14.2. The molecule has 5 rings (SSSR count). The van der Waals surface area contributed by atoms with Crippen LogP contribution in [0.25, 0.3) is 0 Å². The lowest BCUT2D eigenvalue weighted by Gasteiger charge is -2.48. The first kappa shape index (κ1) is 19.6. The van der Waals surface area contributed by atoms with E-state index in [9.17, 15) is 4.79 Å². The first-order valence-corrected chi connectivity index (χ1v) is 11.0. The number of benzene rings is 2. The monoisotopic (exact) mass is 421 g/mol. The molecule has 3 aliphatic rings. The number of hydrogen-bond acceptors (Lipinski definition) is 4. The predicted molar refractivity (Wildman–Crippen MR) is 121 cm³/mol. The molecule has 5 heteroatoms. The zero-order valence-corrected chi connectivity index (χ0v) is 18.7. The van der Waals surface area contributed by atoms with Gasteiger partial charge < -0.3 is 14.8 Å². The van der Waals surface area contributed by atoms with Crippen LogP contribution in [-0.2, 0) is 10.2 Å². The number of anilines is 1. The van der Waals surface area contributed by atoms with Gasteiger partial charge in [-0.2, -0.15) is 0 Å². The molecule has 0 aromatic heterocycles. The van der Waals surface area contributed by atoms with Gasteiger partial charge in [0.2, 0.25) is 0 Å². The van der Waals surface area contributed by atoms with Crippen molar-refractivity contribution in [3.05, 3.63) is 59.2 Å². The van der Waals surface area contributed by atoms with E-state index in [0.29, 0.717) is 16.5 Å². The van der Waals surface area contributed by atoms with Crippen molar-refractivity contribution in [1.82, 2.24) is 0 Å². The summed E-state index contributed by atoms with van der Waals surface area (Å²) in [6.45, 7) is 7.13. The maximum absolute atomic E-state index is 11.6. The van der Waals surface area contributed by atoms with Gasteiger partial charge >= 0.3 is 5.97 Å². The van der Waals surface area contributed by atoms with Crippen molar-refractivity contribution >= 4 is 28.9 Å². The highest BCUT2D eigenvalue weighted by Gasteiger charge is 2.73. The second-order valence-corrected chi connectivity index (χ2v) is 9.98. The summed E-state index contributed by atoms with van der Waals surface area (Å²) < 4.78 is 11.4. The Morgan fingerprint density at radius 1 is 1.13 bits per heavy atom. The van der Waals surface area contributed by atoms with E-state index in [2.05, 4.69) is 38.2 Å². The number of hydrogen-bond donors (Lipinski definition) is 1. The number of thiocarbonyl (C=S) groups is 1. The molecule has 2 aliphatic carbocycles. The molecule has 0 spiro atoms. The Balaban J connectivity index is 1.43. The predicted octanol–water partition coefficient (Wildman–Crippen LogP) is 5.49.